The van der Waals surface area contributed by atoms with Crippen LogP contribution in [-0.2, 0) is 5.41 Å². The summed E-state index contributed by atoms with van der Waals surface area (Å²) in [7, 11) is 0. The molecule has 1 aromatic heterocycles. The lowest BCUT2D eigenvalue weighted by atomic mass is 9.86. The number of nitrogens with one attached hydrogen (secondary N) is 1. The van der Waals surface area contributed by atoms with Gasteiger partial charge >= 0.3 is 0 Å². The summed E-state index contributed by atoms with van der Waals surface area (Å²) in [5.41, 5.74) is 9.49. The summed E-state index contributed by atoms with van der Waals surface area (Å²) in [4.78, 5) is 16.5. The molecule has 128 valence electrons. The molecule has 1 atom stereocenters. The van der Waals surface area contributed by atoms with Crippen molar-refractivity contribution in [3.05, 3.63) is 53.9 Å². The van der Waals surface area contributed by atoms with Crippen LogP contribution in [0.3, 0.4) is 0 Å². The molecule has 4 nitrogen and oxygen atoms in total. The molecule has 0 spiro atoms. The van der Waals surface area contributed by atoms with Crippen molar-refractivity contribution in [1.82, 2.24) is 10.3 Å². The van der Waals surface area contributed by atoms with Gasteiger partial charge in [-0.2, -0.15) is 0 Å². The fourth-order valence-corrected chi connectivity index (χ4v) is 2.51. The van der Waals surface area contributed by atoms with Crippen molar-refractivity contribution in [2.45, 2.75) is 45.6 Å². The monoisotopic (exact) mass is 325 g/mol. The third-order valence-corrected chi connectivity index (χ3v) is 4.06. The number of aromatic nitrogens is 1. The minimum absolute atomic E-state index is 0.0530. The van der Waals surface area contributed by atoms with Crippen LogP contribution in [0.25, 0.3) is 11.1 Å². The summed E-state index contributed by atoms with van der Waals surface area (Å²) in [6.45, 7) is 9.08. The average Bonchev–Trinajstić information content (AvgIpc) is 2.54. The van der Waals surface area contributed by atoms with Crippen molar-refractivity contribution < 1.29 is 4.79 Å². The molecule has 0 saturated carbocycles. The van der Waals surface area contributed by atoms with Crippen molar-refractivity contribution in [2.24, 2.45) is 5.73 Å². The summed E-state index contributed by atoms with van der Waals surface area (Å²) in [6, 6.07) is 10.4. The zero-order valence-electron chi connectivity index (χ0n) is 15.0. The highest BCUT2D eigenvalue weighted by molar-refractivity contribution is 5.95. The smallest absolute Gasteiger partial charge is 0.253 e. The number of carbonyl (C=O) groups excluding carboxylic acids is 1. The van der Waals surface area contributed by atoms with Crippen LogP contribution in [0.2, 0.25) is 0 Å². The fourth-order valence-electron chi connectivity index (χ4n) is 2.51. The third-order valence-electron chi connectivity index (χ3n) is 4.06. The number of nitrogens with zero attached hydrogens (tertiary/aromatic N) is 1. The lowest BCUT2D eigenvalue weighted by Crippen LogP contribution is -2.34. The molecule has 2 aromatic rings. The van der Waals surface area contributed by atoms with E-state index in [2.05, 4.69) is 55.3 Å². The van der Waals surface area contributed by atoms with Crippen LogP contribution in [0, 0.1) is 0 Å². The van der Waals surface area contributed by atoms with Crippen molar-refractivity contribution >= 4 is 5.91 Å². The fraction of sp³-hybridized carbons (Fsp3) is 0.400. The summed E-state index contributed by atoms with van der Waals surface area (Å²) in [5.74, 6) is -0.114. The van der Waals surface area contributed by atoms with E-state index in [9.17, 15) is 4.79 Å². The molecule has 1 aromatic carbocycles. The summed E-state index contributed by atoms with van der Waals surface area (Å²) < 4.78 is 0. The molecule has 0 aliphatic rings. The quantitative estimate of drug-likeness (QED) is 0.884. The first-order valence-corrected chi connectivity index (χ1v) is 8.38. The Hall–Kier alpha value is -2.20. The molecule has 24 heavy (non-hydrogen) atoms. The Morgan fingerprint density at radius 1 is 1.17 bits per heavy atom. The highest BCUT2D eigenvalue weighted by Gasteiger charge is 2.14. The standard InChI is InChI=1S/C20H27N3O/c1-14(9-10-21)23-19(24)17-11-16(12-22-13-17)15-5-7-18(8-6-15)20(2,3)4/h5-8,11-14H,9-10,21H2,1-4H3,(H,23,24). The van der Waals surface area contributed by atoms with Gasteiger partial charge in [0.15, 0.2) is 0 Å². The van der Waals surface area contributed by atoms with E-state index in [1.54, 1.807) is 12.4 Å². The van der Waals surface area contributed by atoms with Crippen molar-refractivity contribution in [3.63, 3.8) is 0 Å². The van der Waals surface area contributed by atoms with Crippen LogP contribution in [0.5, 0.6) is 0 Å². The Morgan fingerprint density at radius 3 is 2.42 bits per heavy atom. The second-order valence-corrected chi connectivity index (χ2v) is 7.24. The molecule has 2 rings (SSSR count). The van der Waals surface area contributed by atoms with E-state index >= 15 is 0 Å². The number of nitrogens with two attached hydrogens (primary N) is 1. The molecule has 1 amide bonds. The molecule has 4 heteroatoms. The molecule has 0 aliphatic carbocycles. The molecule has 0 aliphatic heterocycles. The number of hydrogen-bond donors (Lipinski definition) is 2. The van der Waals surface area contributed by atoms with Crippen molar-refractivity contribution in [1.29, 1.82) is 0 Å². The van der Waals surface area contributed by atoms with E-state index in [1.165, 1.54) is 5.56 Å². The summed E-state index contributed by atoms with van der Waals surface area (Å²) in [5, 5.41) is 2.95. The molecule has 0 radical (unpaired) electrons. The molecule has 1 unspecified atom stereocenters. The predicted molar refractivity (Wildman–Crippen MR) is 99.0 cm³/mol. The van der Waals surface area contributed by atoms with Gasteiger partial charge in [0.25, 0.3) is 5.91 Å². The van der Waals surface area contributed by atoms with E-state index < -0.39 is 0 Å². The number of amides is 1. The van der Waals surface area contributed by atoms with E-state index in [0.717, 1.165) is 17.5 Å². The van der Waals surface area contributed by atoms with Gasteiger partial charge in [-0.1, -0.05) is 45.0 Å². The minimum Gasteiger partial charge on any atom is -0.349 e. The van der Waals surface area contributed by atoms with Gasteiger partial charge in [-0.15, -0.1) is 0 Å². The zero-order valence-corrected chi connectivity index (χ0v) is 15.0. The van der Waals surface area contributed by atoms with E-state index in [1.807, 2.05) is 13.0 Å². The number of pyridine rings is 1. The number of benzene rings is 1. The highest BCUT2D eigenvalue weighted by Crippen LogP contribution is 2.26. The van der Waals surface area contributed by atoms with Crippen molar-refractivity contribution in [2.75, 3.05) is 6.54 Å². The van der Waals surface area contributed by atoms with Gasteiger partial charge in [0.05, 0.1) is 5.56 Å². The van der Waals surface area contributed by atoms with Gasteiger partial charge < -0.3 is 11.1 Å². The molecule has 0 bridgehead atoms. The first-order valence-electron chi connectivity index (χ1n) is 8.38. The maximum Gasteiger partial charge on any atom is 0.253 e. The number of rotatable bonds is 5. The Bertz CT molecular complexity index is 687. The SMILES string of the molecule is CC(CCN)NC(=O)c1cncc(-c2ccc(C(C)(C)C)cc2)c1. The maximum atomic E-state index is 12.3. The van der Waals surface area contributed by atoms with Gasteiger partial charge in [0.1, 0.15) is 0 Å². The second kappa shape index (κ2) is 7.58. The number of hydrogen-bond acceptors (Lipinski definition) is 3. The minimum atomic E-state index is -0.114. The van der Waals surface area contributed by atoms with Gasteiger partial charge in [-0.25, -0.2) is 0 Å². The number of carbonyl (C=O) groups is 1. The summed E-state index contributed by atoms with van der Waals surface area (Å²) >= 11 is 0. The van der Waals surface area contributed by atoms with Gasteiger partial charge in [-0.05, 0) is 42.5 Å². The normalized spacial score (nSPS) is 12.7. The molecular formula is C20H27N3O. The first kappa shape index (κ1) is 18.1. The predicted octanol–water partition coefficient (Wildman–Crippen LogP) is 3.51. The molecular weight excluding hydrogens is 298 g/mol. The lowest BCUT2D eigenvalue weighted by Gasteiger charge is -2.19. The van der Waals surface area contributed by atoms with E-state index in [-0.39, 0.29) is 17.4 Å². The Kier molecular flexibility index (Phi) is 5.73. The third kappa shape index (κ3) is 4.65. The Morgan fingerprint density at radius 2 is 1.83 bits per heavy atom. The van der Waals surface area contributed by atoms with E-state index in [0.29, 0.717) is 12.1 Å². The summed E-state index contributed by atoms with van der Waals surface area (Å²) in [6.07, 6.45) is 4.14. The van der Waals surface area contributed by atoms with Gasteiger partial charge in [-0.3, -0.25) is 9.78 Å². The van der Waals surface area contributed by atoms with Crippen LogP contribution in [0.15, 0.2) is 42.7 Å². The topological polar surface area (TPSA) is 68.0 Å². The lowest BCUT2D eigenvalue weighted by molar-refractivity contribution is 0.0938. The van der Waals surface area contributed by atoms with Crippen molar-refractivity contribution in [3.8, 4) is 11.1 Å². The van der Waals surface area contributed by atoms with E-state index in [4.69, 9.17) is 5.73 Å². The Balaban J connectivity index is 2.19. The second-order valence-electron chi connectivity index (χ2n) is 7.24. The molecule has 1 heterocycles. The maximum absolute atomic E-state index is 12.3. The molecule has 0 fully saturated rings. The van der Waals surface area contributed by atoms with Crippen LogP contribution < -0.4 is 11.1 Å². The zero-order chi connectivity index (χ0) is 17.7. The van der Waals surface area contributed by atoms with Crippen LogP contribution in [-0.4, -0.2) is 23.5 Å². The largest absolute Gasteiger partial charge is 0.349 e. The van der Waals surface area contributed by atoms with Crippen LogP contribution in [0.1, 0.15) is 50.0 Å². The van der Waals surface area contributed by atoms with Crippen LogP contribution in [0.4, 0.5) is 0 Å². The Labute approximate surface area is 144 Å². The first-order chi connectivity index (χ1) is 11.3. The van der Waals surface area contributed by atoms with Gasteiger partial charge in [0, 0.05) is 24.0 Å². The van der Waals surface area contributed by atoms with Gasteiger partial charge in [0.2, 0.25) is 0 Å². The average molecular weight is 325 g/mol. The van der Waals surface area contributed by atoms with Crippen LogP contribution >= 0.6 is 0 Å². The molecule has 0 saturated heterocycles. The highest BCUT2D eigenvalue weighted by atomic mass is 16.1. The molecule has 3 N–H and O–H groups in total.